The van der Waals surface area contributed by atoms with Crippen LogP contribution in [-0.4, -0.2) is 21.9 Å². The van der Waals surface area contributed by atoms with Crippen LogP contribution < -0.4 is 5.32 Å². The molecule has 0 fully saturated rings. The first-order valence-electron chi connectivity index (χ1n) is 6.05. The van der Waals surface area contributed by atoms with E-state index in [0.717, 1.165) is 38.1 Å². The fraction of sp³-hybridized carbons (Fsp3) is 0.250. The summed E-state index contributed by atoms with van der Waals surface area (Å²) in [7, 11) is 0. The minimum Gasteiger partial charge on any atom is -0.360 e. The molecule has 0 aromatic carbocycles. The monoisotopic (exact) mass is 324 g/mol. The van der Waals surface area contributed by atoms with Crippen molar-refractivity contribution in [2.45, 2.75) is 17.0 Å². The molecule has 0 saturated carbocycles. The number of anilines is 1. The first-order valence-corrected chi connectivity index (χ1v) is 8.73. The van der Waals surface area contributed by atoms with E-state index in [1.807, 2.05) is 30.5 Å². The minimum atomic E-state index is 0.732. The molecule has 1 N–H and O–H groups in total. The second kappa shape index (κ2) is 6.38. The molecule has 3 heterocycles. The molecule has 0 aliphatic carbocycles. The van der Waals surface area contributed by atoms with Crippen LogP contribution in [0.5, 0.6) is 0 Å². The fourth-order valence-electron chi connectivity index (χ4n) is 1.54. The molecule has 0 unspecified atom stereocenters. The zero-order valence-corrected chi connectivity index (χ0v) is 13.1. The van der Waals surface area contributed by atoms with Crippen molar-refractivity contribution in [1.29, 1.82) is 0 Å². The number of rotatable bonds is 6. The Balaban J connectivity index is 1.60. The minimum absolute atomic E-state index is 0.732. The lowest BCUT2D eigenvalue weighted by Gasteiger charge is -1.92. The molecule has 8 heteroatoms. The third-order valence-electron chi connectivity index (χ3n) is 2.40. The predicted octanol–water partition coefficient (Wildman–Crippen LogP) is 3.98. The molecule has 3 aromatic heterocycles. The van der Waals surface area contributed by atoms with Gasteiger partial charge in [-0.25, -0.2) is 0 Å². The number of hydrogen-bond acceptors (Lipinski definition) is 8. The van der Waals surface area contributed by atoms with Crippen LogP contribution in [0, 0.1) is 0 Å². The standard InChI is InChI=1S/C12H12N4OS3/c1-2-13-11-14-15-12(20-11)19-7-8-6-9(17-16-8)10-4-3-5-18-10/h3-6H,2,7H2,1H3,(H,13,14). The van der Waals surface area contributed by atoms with Crippen LogP contribution in [0.15, 0.2) is 32.4 Å². The zero-order chi connectivity index (χ0) is 13.8. The van der Waals surface area contributed by atoms with Gasteiger partial charge in [-0.05, 0) is 18.4 Å². The Morgan fingerprint density at radius 1 is 1.40 bits per heavy atom. The van der Waals surface area contributed by atoms with E-state index < -0.39 is 0 Å². The van der Waals surface area contributed by atoms with Gasteiger partial charge in [-0.3, -0.25) is 0 Å². The van der Waals surface area contributed by atoms with Gasteiger partial charge in [-0.15, -0.1) is 21.5 Å². The summed E-state index contributed by atoms with van der Waals surface area (Å²) in [5.41, 5.74) is 0.915. The van der Waals surface area contributed by atoms with Gasteiger partial charge >= 0.3 is 0 Å². The van der Waals surface area contributed by atoms with Crippen molar-refractivity contribution in [2.24, 2.45) is 0 Å². The Hall–Kier alpha value is -1.38. The van der Waals surface area contributed by atoms with Gasteiger partial charge in [0.2, 0.25) is 5.13 Å². The first kappa shape index (κ1) is 13.6. The molecule has 0 radical (unpaired) electrons. The van der Waals surface area contributed by atoms with E-state index in [4.69, 9.17) is 4.52 Å². The summed E-state index contributed by atoms with van der Waals surface area (Å²) < 4.78 is 6.28. The SMILES string of the molecule is CCNc1nnc(SCc2cc(-c3cccs3)on2)s1. The Morgan fingerprint density at radius 2 is 2.35 bits per heavy atom. The smallest absolute Gasteiger partial charge is 0.206 e. The van der Waals surface area contributed by atoms with Crippen LogP contribution in [0.1, 0.15) is 12.6 Å². The van der Waals surface area contributed by atoms with Gasteiger partial charge in [-0.1, -0.05) is 34.3 Å². The van der Waals surface area contributed by atoms with Crippen molar-refractivity contribution >= 4 is 39.6 Å². The number of thiophene rings is 1. The van der Waals surface area contributed by atoms with Crippen molar-refractivity contribution in [3.8, 4) is 10.6 Å². The highest BCUT2D eigenvalue weighted by atomic mass is 32.2. The second-order valence-electron chi connectivity index (χ2n) is 3.85. The molecule has 0 aliphatic heterocycles. The van der Waals surface area contributed by atoms with Crippen LogP contribution in [0.4, 0.5) is 5.13 Å². The molecular formula is C12H12N4OS3. The molecule has 5 nitrogen and oxygen atoms in total. The maximum atomic E-state index is 5.34. The maximum Gasteiger partial charge on any atom is 0.206 e. The summed E-state index contributed by atoms with van der Waals surface area (Å²) in [5, 5.41) is 18.3. The largest absolute Gasteiger partial charge is 0.360 e. The number of hydrogen-bond donors (Lipinski definition) is 1. The number of nitrogens with zero attached hydrogens (tertiary/aromatic N) is 3. The Labute approximate surface area is 128 Å². The van der Waals surface area contributed by atoms with Crippen molar-refractivity contribution in [2.75, 3.05) is 11.9 Å². The van der Waals surface area contributed by atoms with Crippen LogP contribution in [0.3, 0.4) is 0 Å². The van der Waals surface area contributed by atoms with Gasteiger partial charge in [0.05, 0.1) is 10.6 Å². The molecule has 0 spiro atoms. The van der Waals surface area contributed by atoms with Crippen LogP contribution in [0.2, 0.25) is 0 Å². The van der Waals surface area contributed by atoms with Crippen molar-refractivity contribution in [3.63, 3.8) is 0 Å². The van der Waals surface area contributed by atoms with Gasteiger partial charge in [0.1, 0.15) is 0 Å². The summed E-state index contributed by atoms with van der Waals surface area (Å²) >= 11 is 4.81. The Kier molecular flexibility index (Phi) is 4.34. The molecule has 0 amide bonds. The lowest BCUT2D eigenvalue weighted by atomic mass is 10.3. The van der Waals surface area contributed by atoms with Gasteiger partial charge < -0.3 is 9.84 Å². The van der Waals surface area contributed by atoms with Crippen LogP contribution in [-0.2, 0) is 5.75 Å². The molecular weight excluding hydrogens is 312 g/mol. The molecule has 20 heavy (non-hydrogen) atoms. The Morgan fingerprint density at radius 3 is 3.15 bits per heavy atom. The van der Waals surface area contributed by atoms with E-state index in [-0.39, 0.29) is 0 Å². The third-order valence-corrected chi connectivity index (χ3v) is 5.33. The number of nitrogens with one attached hydrogen (secondary N) is 1. The third kappa shape index (κ3) is 3.20. The summed E-state index contributed by atoms with van der Waals surface area (Å²) in [6.45, 7) is 2.89. The van der Waals surface area contributed by atoms with E-state index in [1.54, 1.807) is 34.4 Å². The summed E-state index contributed by atoms with van der Waals surface area (Å²) in [6, 6.07) is 6.00. The molecule has 0 atom stereocenters. The molecule has 104 valence electrons. The highest BCUT2D eigenvalue weighted by molar-refractivity contribution is 8.00. The lowest BCUT2D eigenvalue weighted by Crippen LogP contribution is -1.94. The fourth-order valence-corrected chi connectivity index (χ4v) is 3.91. The molecule has 0 aliphatic rings. The Bertz CT molecular complexity index is 662. The zero-order valence-electron chi connectivity index (χ0n) is 10.7. The topological polar surface area (TPSA) is 63.8 Å². The molecule has 0 bridgehead atoms. The van der Waals surface area contributed by atoms with Crippen molar-refractivity contribution < 1.29 is 4.52 Å². The van der Waals surface area contributed by atoms with E-state index in [9.17, 15) is 0 Å². The van der Waals surface area contributed by atoms with Gasteiger partial charge in [0.15, 0.2) is 10.1 Å². The van der Waals surface area contributed by atoms with Crippen LogP contribution in [0.25, 0.3) is 10.6 Å². The first-order chi connectivity index (χ1) is 9.85. The number of thioether (sulfide) groups is 1. The maximum absolute atomic E-state index is 5.34. The lowest BCUT2D eigenvalue weighted by molar-refractivity contribution is 0.427. The second-order valence-corrected chi connectivity index (χ2v) is 7.00. The van der Waals surface area contributed by atoms with Gasteiger partial charge in [0.25, 0.3) is 0 Å². The van der Waals surface area contributed by atoms with E-state index in [1.165, 1.54) is 0 Å². The predicted molar refractivity (Wildman–Crippen MR) is 83.4 cm³/mol. The molecule has 3 rings (SSSR count). The number of aromatic nitrogens is 3. The van der Waals surface area contributed by atoms with Gasteiger partial charge in [-0.2, -0.15) is 0 Å². The summed E-state index contributed by atoms with van der Waals surface area (Å²) in [6.07, 6.45) is 0. The summed E-state index contributed by atoms with van der Waals surface area (Å²) in [4.78, 5) is 1.10. The van der Waals surface area contributed by atoms with E-state index in [2.05, 4.69) is 20.7 Å². The average Bonchev–Trinajstić information content (AvgIpc) is 3.18. The van der Waals surface area contributed by atoms with Crippen LogP contribution >= 0.6 is 34.4 Å². The normalized spacial score (nSPS) is 10.8. The average molecular weight is 324 g/mol. The van der Waals surface area contributed by atoms with E-state index >= 15 is 0 Å². The molecule has 3 aromatic rings. The highest BCUT2D eigenvalue weighted by Gasteiger charge is 2.09. The van der Waals surface area contributed by atoms with Crippen molar-refractivity contribution in [1.82, 2.24) is 15.4 Å². The van der Waals surface area contributed by atoms with Crippen molar-refractivity contribution in [3.05, 3.63) is 29.3 Å². The quantitative estimate of drug-likeness (QED) is 0.692. The highest BCUT2D eigenvalue weighted by Crippen LogP contribution is 2.30. The van der Waals surface area contributed by atoms with Gasteiger partial charge in [0, 0.05) is 18.4 Å². The molecule has 0 saturated heterocycles. The van der Waals surface area contributed by atoms with E-state index in [0.29, 0.717) is 0 Å². The summed E-state index contributed by atoms with van der Waals surface area (Å²) in [5.74, 6) is 1.55.